The first-order chi connectivity index (χ1) is 12.0. The van der Waals surface area contributed by atoms with Gasteiger partial charge in [0.25, 0.3) is 5.91 Å². The van der Waals surface area contributed by atoms with E-state index in [2.05, 4.69) is 4.98 Å². The van der Waals surface area contributed by atoms with Gasteiger partial charge >= 0.3 is 0 Å². The third-order valence-electron chi connectivity index (χ3n) is 3.68. The first-order valence-corrected chi connectivity index (χ1v) is 8.92. The van der Waals surface area contributed by atoms with Crippen molar-refractivity contribution < 1.29 is 9.18 Å². The van der Waals surface area contributed by atoms with Gasteiger partial charge in [-0.05, 0) is 44.4 Å². The number of carbonyl (C=O) groups excluding carboxylic acids is 1. The Hall–Kier alpha value is -1.73. The fraction of sp³-hybridized carbons (Fsp3) is 0.222. The van der Waals surface area contributed by atoms with Gasteiger partial charge in [0.05, 0.1) is 9.72 Å². The monoisotopic (exact) mass is 413 g/mol. The molecule has 0 aliphatic carbocycles. The summed E-state index contributed by atoms with van der Waals surface area (Å²) in [5.41, 5.74) is 0.968. The number of para-hydroxylation sites is 1. The van der Waals surface area contributed by atoms with E-state index in [1.807, 2.05) is 31.1 Å². The summed E-state index contributed by atoms with van der Waals surface area (Å²) in [5.74, 6) is -0.720. The first kappa shape index (κ1) is 20.6. The lowest BCUT2D eigenvalue weighted by atomic mass is 10.2. The Labute approximate surface area is 166 Å². The van der Waals surface area contributed by atoms with Crippen LogP contribution < -0.4 is 4.90 Å². The molecule has 0 aliphatic heterocycles. The number of nitrogens with zero attached hydrogens (tertiary/aromatic N) is 3. The van der Waals surface area contributed by atoms with Crippen LogP contribution in [0.3, 0.4) is 0 Å². The second-order valence-corrected chi connectivity index (χ2v) is 7.27. The topological polar surface area (TPSA) is 36.4 Å². The summed E-state index contributed by atoms with van der Waals surface area (Å²) >= 11 is 7.60. The van der Waals surface area contributed by atoms with E-state index in [1.54, 1.807) is 17.0 Å². The van der Waals surface area contributed by atoms with Gasteiger partial charge in [0.15, 0.2) is 5.13 Å². The zero-order chi connectivity index (χ0) is 18.0. The van der Waals surface area contributed by atoms with Crippen LogP contribution in [0.15, 0.2) is 42.5 Å². The van der Waals surface area contributed by atoms with Gasteiger partial charge in [0, 0.05) is 18.7 Å². The van der Waals surface area contributed by atoms with E-state index in [-0.39, 0.29) is 18.3 Å². The van der Waals surface area contributed by atoms with E-state index >= 15 is 0 Å². The molecule has 0 saturated heterocycles. The lowest BCUT2D eigenvalue weighted by molar-refractivity contribution is 0.0985. The lowest BCUT2D eigenvalue weighted by Crippen LogP contribution is -2.36. The Kier molecular flexibility index (Phi) is 6.94. The van der Waals surface area contributed by atoms with Crippen molar-refractivity contribution in [3.63, 3.8) is 0 Å². The second-order valence-electron chi connectivity index (χ2n) is 5.85. The van der Waals surface area contributed by atoms with Crippen LogP contribution in [0.1, 0.15) is 10.4 Å². The molecule has 3 rings (SSSR count). The summed E-state index contributed by atoms with van der Waals surface area (Å²) in [6.45, 7) is 1.10. The summed E-state index contributed by atoms with van der Waals surface area (Å²) in [6, 6.07) is 11.2. The molecule has 0 N–H and O–H groups in total. The van der Waals surface area contributed by atoms with Gasteiger partial charge in [-0.25, -0.2) is 9.37 Å². The molecule has 1 aromatic heterocycles. The molecule has 1 heterocycles. The fourth-order valence-electron chi connectivity index (χ4n) is 2.38. The molecule has 4 nitrogen and oxygen atoms in total. The molecular formula is C18H18Cl2FN3OS. The lowest BCUT2D eigenvalue weighted by Gasteiger charge is -2.22. The normalized spacial score (nSPS) is 10.8. The third kappa shape index (κ3) is 4.51. The fourth-order valence-corrected chi connectivity index (χ4v) is 3.67. The number of halogens is 3. The van der Waals surface area contributed by atoms with Gasteiger partial charge in [0.1, 0.15) is 11.3 Å². The largest absolute Gasteiger partial charge is 0.308 e. The standard InChI is InChI=1S/C18H17ClFN3OS.ClH/c1-22(2)9-10-23(17(24)12-5-3-6-13(20)11-12)18-21-16-14(19)7-4-8-15(16)25-18;/h3-8,11H,9-10H2,1-2H3;1H. The molecule has 26 heavy (non-hydrogen) atoms. The Bertz CT molecular complexity index is 916. The minimum Gasteiger partial charge on any atom is -0.308 e. The highest BCUT2D eigenvalue weighted by Gasteiger charge is 2.22. The third-order valence-corrected chi connectivity index (χ3v) is 5.03. The Morgan fingerprint density at radius 3 is 2.58 bits per heavy atom. The van der Waals surface area contributed by atoms with E-state index in [4.69, 9.17) is 11.6 Å². The molecule has 3 aromatic rings. The molecule has 2 aromatic carbocycles. The maximum absolute atomic E-state index is 13.5. The summed E-state index contributed by atoms with van der Waals surface area (Å²) < 4.78 is 14.4. The van der Waals surface area contributed by atoms with Crippen molar-refractivity contribution in [3.05, 3.63) is 58.9 Å². The molecule has 0 atom stereocenters. The van der Waals surface area contributed by atoms with Gasteiger partial charge in [-0.3, -0.25) is 9.69 Å². The molecule has 138 valence electrons. The number of hydrogen-bond acceptors (Lipinski definition) is 4. The van der Waals surface area contributed by atoms with Crippen LogP contribution in [0, 0.1) is 5.82 Å². The number of thiazole rings is 1. The second kappa shape index (κ2) is 8.77. The van der Waals surface area contributed by atoms with Crippen LogP contribution in [0.2, 0.25) is 5.02 Å². The van der Waals surface area contributed by atoms with Crippen molar-refractivity contribution in [1.29, 1.82) is 0 Å². The van der Waals surface area contributed by atoms with Crippen LogP contribution in [0.25, 0.3) is 10.2 Å². The van der Waals surface area contributed by atoms with Crippen molar-refractivity contribution in [1.82, 2.24) is 9.88 Å². The van der Waals surface area contributed by atoms with Crippen LogP contribution >= 0.6 is 35.3 Å². The van der Waals surface area contributed by atoms with E-state index in [1.165, 1.54) is 29.5 Å². The van der Waals surface area contributed by atoms with Crippen molar-refractivity contribution in [3.8, 4) is 0 Å². The Morgan fingerprint density at radius 2 is 1.92 bits per heavy atom. The predicted molar refractivity (Wildman–Crippen MR) is 109 cm³/mol. The van der Waals surface area contributed by atoms with Crippen molar-refractivity contribution in [2.45, 2.75) is 0 Å². The van der Waals surface area contributed by atoms with E-state index in [9.17, 15) is 9.18 Å². The maximum atomic E-state index is 13.5. The van der Waals surface area contributed by atoms with Crippen molar-refractivity contribution >= 4 is 56.6 Å². The SMILES string of the molecule is CN(C)CCN(C(=O)c1cccc(F)c1)c1nc2c(Cl)cccc2s1.Cl. The van der Waals surface area contributed by atoms with Gasteiger partial charge in [-0.1, -0.05) is 35.1 Å². The smallest absolute Gasteiger partial charge is 0.260 e. The van der Waals surface area contributed by atoms with Gasteiger partial charge in [-0.15, -0.1) is 12.4 Å². The average molecular weight is 414 g/mol. The minimum absolute atomic E-state index is 0. The molecular weight excluding hydrogens is 396 g/mol. The molecule has 0 bridgehead atoms. The van der Waals surface area contributed by atoms with Gasteiger partial charge in [-0.2, -0.15) is 0 Å². The average Bonchev–Trinajstić information content (AvgIpc) is 3.00. The number of anilines is 1. The summed E-state index contributed by atoms with van der Waals surface area (Å²) in [7, 11) is 3.86. The summed E-state index contributed by atoms with van der Waals surface area (Å²) in [6.07, 6.45) is 0. The Morgan fingerprint density at radius 1 is 1.19 bits per heavy atom. The van der Waals surface area contributed by atoms with Gasteiger partial charge < -0.3 is 4.90 Å². The predicted octanol–water partition coefficient (Wildman–Crippen LogP) is 4.72. The van der Waals surface area contributed by atoms with E-state index in [0.29, 0.717) is 34.3 Å². The molecule has 0 radical (unpaired) electrons. The zero-order valence-corrected chi connectivity index (χ0v) is 16.7. The minimum atomic E-state index is -0.439. The molecule has 0 saturated carbocycles. The quantitative estimate of drug-likeness (QED) is 0.606. The molecule has 0 fully saturated rings. The van der Waals surface area contributed by atoms with E-state index in [0.717, 1.165) is 4.70 Å². The van der Waals surface area contributed by atoms with Crippen molar-refractivity contribution in [2.75, 3.05) is 32.1 Å². The number of likely N-dealkylation sites (N-methyl/N-ethyl adjacent to an activating group) is 1. The van der Waals surface area contributed by atoms with Crippen LogP contribution in [-0.4, -0.2) is 43.0 Å². The van der Waals surface area contributed by atoms with Crippen molar-refractivity contribution in [2.24, 2.45) is 0 Å². The number of rotatable bonds is 5. The Balaban J connectivity index is 0.00000243. The number of benzene rings is 2. The number of hydrogen-bond donors (Lipinski definition) is 0. The molecule has 1 amide bonds. The highest BCUT2D eigenvalue weighted by molar-refractivity contribution is 7.22. The number of fused-ring (bicyclic) bond motifs is 1. The number of amides is 1. The first-order valence-electron chi connectivity index (χ1n) is 7.73. The van der Waals surface area contributed by atoms with Crippen LogP contribution in [0.5, 0.6) is 0 Å². The van der Waals surface area contributed by atoms with Gasteiger partial charge in [0.2, 0.25) is 0 Å². The zero-order valence-electron chi connectivity index (χ0n) is 14.3. The number of aromatic nitrogens is 1. The number of carbonyl (C=O) groups is 1. The van der Waals surface area contributed by atoms with E-state index < -0.39 is 5.82 Å². The summed E-state index contributed by atoms with van der Waals surface area (Å²) in [5, 5.41) is 1.10. The molecule has 0 spiro atoms. The molecule has 0 aliphatic rings. The van der Waals surface area contributed by atoms with Crippen LogP contribution in [0.4, 0.5) is 9.52 Å². The summed E-state index contributed by atoms with van der Waals surface area (Å²) in [4.78, 5) is 21.0. The van der Waals surface area contributed by atoms with Crippen LogP contribution in [-0.2, 0) is 0 Å². The highest BCUT2D eigenvalue weighted by atomic mass is 35.5. The maximum Gasteiger partial charge on any atom is 0.260 e. The molecule has 0 unspecified atom stereocenters. The molecule has 8 heteroatoms. The highest BCUT2D eigenvalue weighted by Crippen LogP contribution is 2.33.